The van der Waals surface area contributed by atoms with Crippen molar-refractivity contribution in [1.29, 1.82) is 0 Å². The molecule has 2 aromatic rings. The molecule has 0 atom stereocenters. The number of likely N-dealkylation sites (tertiary alicyclic amines) is 1. The molecule has 1 saturated heterocycles. The lowest BCUT2D eigenvalue weighted by Crippen LogP contribution is -2.52. The zero-order valence-electron chi connectivity index (χ0n) is 15.8. The summed E-state index contributed by atoms with van der Waals surface area (Å²) >= 11 is 0. The van der Waals surface area contributed by atoms with Gasteiger partial charge in [-0.3, -0.25) is 0 Å². The Kier molecular flexibility index (Phi) is 5.50. The van der Waals surface area contributed by atoms with Gasteiger partial charge in [-0.1, -0.05) is 42.5 Å². The molecular formula is C22H27NO3. The van der Waals surface area contributed by atoms with Gasteiger partial charge < -0.3 is 14.4 Å². The maximum Gasteiger partial charge on any atom is 0.410 e. The molecule has 26 heavy (non-hydrogen) atoms. The van der Waals surface area contributed by atoms with E-state index in [0.29, 0.717) is 12.5 Å². The summed E-state index contributed by atoms with van der Waals surface area (Å²) in [5.74, 6) is 1.38. The van der Waals surface area contributed by atoms with Crippen molar-refractivity contribution in [3.05, 3.63) is 65.7 Å². The fourth-order valence-electron chi connectivity index (χ4n) is 2.97. The SMILES string of the molecule is CC(C)(C)OC(=O)N1CC(Cc2ccc(OCc3ccccc3)cc2)C1. The molecule has 1 aliphatic rings. The zero-order chi connectivity index (χ0) is 18.6. The van der Waals surface area contributed by atoms with Crippen LogP contribution in [0.5, 0.6) is 5.75 Å². The number of rotatable bonds is 5. The van der Waals surface area contributed by atoms with E-state index < -0.39 is 5.60 Å². The first-order valence-corrected chi connectivity index (χ1v) is 9.13. The van der Waals surface area contributed by atoms with Crippen LogP contribution in [0.25, 0.3) is 0 Å². The minimum Gasteiger partial charge on any atom is -0.489 e. The molecule has 1 aliphatic heterocycles. The van der Waals surface area contributed by atoms with Crippen molar-refractivity contribution >= 4 is 6.09 Å². The van der Waals surface area contributed by atoms with Crippen LogP contribution in [-0.4, -0.2) is 29.7 Å². The van der Waals surface area contributed by atoms with E-state index in [-0.39, 0.29) is 6.09 Å². The molecule has 1 fully saturated rings. The van der Waals surface area contributed by atoms with Crippen LogP contribution in [0, 0.1) is 5.92 Å². The van der Waals surface area contributed by atoms with Gasteiger partial charge in [-0.2, -0.15) is 0 Å². The highest BCUT2D eigenvalue weighted by atomic mass is 16.6. The molecule has 4 nitrogen and oxygen atoms in total. The minimum absolute atomic E-state index is 0.210. The summed E-state index contributed by atoms with van der Waals surface area (Å²) in [6, 6.07) is 18.4. The molecule has 3 rings (SSSR count). The summed E-state index contributed by atoms with van der Waals surface area (Å²) in [4.78, 5) is 13.7. The molecule has 0 radical (unpaired) electrons. The smallest absolute Gasteiger partial charge is 0.410 e. The molecule has 138 valence electrons. The Morgan fingerprint density at radius 1 is 1.00 bits per heavy atom. The van der Waals surface area contributed by atoms with Crippen molar-refractivity contribution < 1.29 is 14.3 Å². The van der Waals surface area contributed by atoms with Crippen LogP contribution in [0.1, 0.15) is 31.9 Å². The summed E-state index contributed by atoms with van der Waals surface area (Å²) < 4.78 is 11.2. The number of nitrogens with zero attached hydrogens (tertiary/aromatic N) is 1. The third kappa shape index (κ3) is 5.25. The Balaban J connectivity index is 1.42. The second-order valence-electron chi connectivity index (χ2n) is 7.87. The van der Waals surface area contributed by atoms with Crippen molar-refractivity contribution in [2.24, 2.45) is 5.92 Å². The average molecular weight is 353 g/mol. The highest BCUT2D eigenvalue weighted by Crippen LogP contribution is 2.24. The van der Waals surface area contributed by atoms with Gasteiger partial charge >= 0.3 is 6.09 Å². The third-order valence-corrected chi connectivity index (χ3v) is 4.30. The fraction of sp³-hybridized carbons (Fsp3) is 0.409. The standard InChI is InChI=1S/C22H27NO3/c1-22(2,3)26-21(24)23-14-19(15-23)13-17-9-11-20(12-10-17)25-16-18-7-5-4-6-8-18/h4-12,19H,13-16H2,1-3H3. The molecule has 1 heterocycles. The molecule has 0 aliphatic carbocycles. The van der Waals surface area contributed by atoms with Crippen molar-refractivity contribution in [3.8, 4) is 5.75 Å². The van der Waals surface area contributed by atoms with E-state index in [1.807, 2.05) is 51.1 Å². The molecule has 0 spiro atoms. The average Bonchev–Trinajstić information content (AvgIpc) is 2.56. The number of hydrogen-bond acceptors (Lipinski definition) is 3. The van der Waals surface area contributed by atoms with E-state index in [4.69, 9.17) is 9.47 Å². The van der Waals surface area contributed by atoms with Gasteiger partial charge in [0.05, 0.1) is 0 Å². The Bertz CT molecular complexity index is 713. The largest absolute Gasteiger partial charge is 0.489 e. The molecule has 0 saturated carbocycles. The lowest BCUT2D eigenvalue weighted by molar-refractivity contribution is -0.000878. The van der Waals surface area contributed by atoms with Crippen molar-refractivity contribution in [1.82, 2.24) is 4.90 Å². The first-order chi connectivity index (χ1) is 12.4. The number of carbonyl (C=O) groups excluding carboxylic acids is 1. The van der Waals surface area contributed by atoms with E-state index in [2.05, 4.69) is 24.3 Å². The number of benzene rings is 2. The molecular weight excluding hydrogens is 326 g/mol. The number of hydrogen-bond donors (Lipinski definition) is 0. The van der Waals surface area contributed by atoms with Gasteiger partial charge in [0.1, 0.15) is 18.0 Å². The Morgan fingerprint density at radius 3 is 2.27 bits per heavy atom. The quantitative estimate of drug-likeness (QED) is 0.784. The van der Waals surface area contributed by atoms with Gasteiger partial charge in [-0.05, 0) is 56.4 Å². The first kappa shape index (κ1) is 18.3. The minimum atomic E-state index is -0.433. The predicted octanol–water partition coefficient (Wildman–Crippen LogP) is 4.68. The monoisotopic (exact) mass is 353 g/mol. The molecule has 0 aromatic heterocycles. The van der Waals surface area contributed by atoms with E-state index >= 15 is 0 Å². The van der Waals surface area contributed by atoms with Gasteiger partial charge in [0.15, 0.2) is 0 Å². The van der Waals surface area contributed by atoms with Crippen LogP contribution in [0.2, 0.25) is 0 Å². The van der Waals surface area contributed by atoms with Gasteiger partial charge in [0.2, 0.25) is 0 Å². The highest BCUT2D eigenvalue weighted by Gasteiger charge is 2.33. The fourth-order valence-corrected chi connectivity index (χ4v) is 2.97. The lowest BCUT2D eigenvalue weighted by atomic mass is 9.92. The summed E-state index contributed by atoms with van der Waals surface area (Å²) in [5.41, 5.74) is 2.00. The Labute approximate surface area is 155 Å². The van der Waals surface area contributed by atoms with Gasteiger partial charge in [-0.15, -0.1) is 0 Å². The molecule has 1 amide bonds. The third-order valence-electron chi connectivity index (χ3n) is 4.30. The number of amides is 1. The van der Waals surface area contributed by atoms with Crippen LogP contribution in [0.3, 0.4) is 0 Å². The van der Waals surface area contributed by atoms with Gasteiger partial charge in [-0.25, -0.2) is 4.79 Å². The molecule has 0 bridgehead atoms. The van der Waals surface area contributed by atoms with Crippen molar-refractivity contribution in [2.75, 3.05) is 13.1 Å². The van der Waals surface area contributed by atoms with Gasteiger partial charge in [0.25, 0.3) is 0 Å². The molecule has 2 aromatic carbocycles. The maximum absolute atomic E-state index is 12.0. The Morgan fingerprint density at radius 2 is 1.65 bits per heavy atom. The molecule has 4 heteroatoms. The highest BCUT2D eigenvalue weighted by molar-refractivity contribution is 5.69. The van der Waals surface area contributed by atoms with Crippen LogP contribution in [0.15, 0.2) is 54.6 Å². The molecule has 0 unspecified atom stereocenters. The second kappa shape index (κ2) is 7.81. The van der Waals surface area contributed by atoms with Crippen molar-refractivity contribution in [2.45, 2.75) is 39.4 Å². The Hall–Kier alpha value is -2.49. The van der Waals surface area contributed by atoms with E-state index in [9.17, 15) is 4.79 Å². The predicted molar refractivity (Wildman–Crippen MR) is 102 cm³/mol. The zero-order valence-corrected chi connectivity index (χ0v) is 15.8. The summed E-state index contributed by atoms with van der Waals surface area (Å²) in [7, 11) is 0. The number of carbonyl (C=O) groups is 1. The van der Waals surface area contributed by atoms with E-state index in [0.717, 1.165) is 30.8 Å². The summed E-state index contributed by atoms with van der Waals surface area (Å²) in [6.07, 6.45) is 0.761. The van der Waals surface area contributed by atoms with Crippen LogP contribution >= 0.6 is 0 Å². The van der Waals surface area contributed by atoms with Gasteiger partial charge in [0, 0.05) is 13.1 Å². The van der Waals surface area contributed by atoms with Crippen molar-refractivity contribution in [3.63, 3.8) is 0 Å². The molecule has 0 N–H and O–H groups in total. The second-order valence-corrected chi connectivity index (χ2v) is 7.87. The van der Waals surface area contributed by atoms with Crippen LogP contribution < -0.4 is 4.74 Å². The topological polar surface area (TPSA) is 38.8 Å². The van der Waals surface area contributed by atoms with Crippen LogP contribution in [0.4, 0.5) is 4.79 Å². The first-order valence-electron chi connectivity index (χ1n) is 9.13. The number of ether oxygens (including phenoxy) is 2. The maximum atomic E-state index is 12.0. The van der Waals surface area contributed by atoms with E-state index in [1.54, 1.807) is 4.90 Å². The summed E-state index contributed by atoms with van der Waals surface area (Å²) in [6.45, 7) is 7.78. The van der Waals surface area contributed by atoms with Crippen LogP contribution in [-0.2, 0) is 17.8 Å². The normalized spacial score (nSPS) is 14.7. The lowest BCUT2D eigenvalue weighted by Gasteiger charge is -2.39. The summed E-state index contributed by atoms with van der Waals surface area (Å²) in [5, 5.41) is 0. The van der Waals surface area contributed by atoms with E-state index in [1.165, 1.54) is 5.56 Å².